The molecule has 1 aliphatic heterocycles. The normalized spacial score (nSPS) is 23.5. The number of aliphatic hydroxyl groups is 1. The summed E-state index contributed by atoms with van der Waals surface area (Å²) in [5.74, 6) is -0.838. The van der Waals surface area contributed by atoms with Crippen LogP contribution in [0, 0.1) is 5.41 Å². The Balaban J connectivity index is 2.69. The third-order valence-corrected chi connectivity index (χ3v) is 3.71. The standard InChI is InChI=1S/C13H24N2O4/c1-5-13(10(16)17)6-7-15(9-13)11(18)14(4)8-12(2,3)19/h19H,5-9H2,1-4H3,(H,16,17). The molecule has 19 heavy (non-hydrogen) atoms. The number of aliphatic carboxylic acids is 1. The fourth-order valence-electron chi connectivity index (χ4n) is 2.54. The lowest BCUT2D eigenvalue weighted by atomic mass is 9.84. The van der Waals surface area contributed by atoms with Gasteiger partial charge in [-0.05, 0) is 26.7 Å². The molecule has 1 unspecified atom stereocenters. The van der Waals surface area contributed by atoms with Crippen molar-refractivity contribution in [1.82, 2.24) is 9.80 Å². The van der Waals surface area contributed by atoms with E-state index in [1.165, 1.54) is 4.90 Å². The minimum absolute atomic E-state index is 0.217. The van der Waals surface area contributed by atoms with Gasteiger partial charge < -0.3 is 20.0 Å². The van der Waals surface area contributed by atoms with Gasteiger partial charge in [-0.3, -0.25) is 4.79 Å². The number of carbonyl (C=O) groups excluding carboxylic acids is 1. The van der Waals surface area contributed by atoms with Crippen LogP contribution in [0.1, 0.15) is 33.6 Å². The smallest absolute Gasteiger partial charge is 0.319 e. The van der Waals surface area contributed by atoms with E-state index in [-0.39, 0.29) is 19.1 Å². The Hall–Kier alpha value is -1.30. The highest BCUT2D eigenvalue weighted by atomic mass is 16.4. The molecule has 0 saturated carbocycles. The Kier molecular flexibility index (Phi) is 4.45. The van der Waals surface area contributed by atoms with Gasteiger partial charge in [0.1, 0.15) is 0 Å². The second-order valence-electron chi connectivity index (χ2n) is 6.06. The van der Waals surface area contributed by atoms with Crippen molar-refractivity contribution in [1.29, 1.82) is 0 Å². The molecule has 1 aliphatic rings. The van der Waals surface area contributed by atoms with Crippen molar-refractivity contribution >= 4 is 12.0 Å². The van der Waals surface area contributed by atoms with Crippen LogP contribution in [0.4, 0.5) is 4.79 Å². The molecule has 2 N–H and O–H groups in total. The van der Waals surface area contributed by atoms with Crippen molar-refractivity contribution in [3.63, 3.8) is 0 Å². The number of amides is 2. The molecule has 6 heteroatoms. The second-order valence-corrected chi connectivity index (χ2v) is 6.06. The number of urea groups is 1. The van der Waals surface area contributed by atoms with Gasteiger partial charge in [0.15, 0.2) is 0 Å². The molecule has 0 aromatic carbocycles. The number of rotatable bonds is 4. The zero-order valence-electron chi connectivity index (χ0n) is 12.1. The molecule has 1 heterocycles. The van der Waals surface area contributed by atoms with Crippen LogP contribution in [0.2, 0.25) is 0 Å². The highest BCUT2D eigenvalue weighted by Crippen LogP contribution is 2.34. The van der Waals surface area contributed by atoms with Crippen LogP contribution in [-0.2, 0) is 4.79 Å². The van der Waals surface area contributed by atoms with Crippen molar-refractivity contribution in [2.75, 3.05) is 26.7 Å². The maximum Gasteiger partial charge on any atom is 0.319 e. The van der Waals surface area contributed by atoms with Crippen LogP contribution in [0.15, 0.2) is 0 Å². The fourth-order valence-corrected chi connectivity index (χ4v) is 2.54. The van der Waals surface area contributed by atoms with Gasteiger partial charge in [-0.1, -0.05) is 6.92 Å². The first-order valence-corrected chi connectivity index (χ1v) is 6.57. The Morgan fingerprint density at radius 3 is 2.37 bits per heavy atom. The predicted molar refractivity (Wildman–Crippen MR) is 70.9 cm³/mol. The number of hydrogen-bond donors (Lipinski definition) is 2. The topological polar surface area (TPSA) is 81.1 Å². The van der Waals surface area contributed by atoms with E-state index in [2.05, 4.69) is 0 Å². The summed E-state index contributed by atoms with van der Waals surface area (Å²) < 4.78 is 0. The summed E-state index contributed by atoms with van der Waals surface area (Å²) in [6, 6.07) is -0.223. The van der Waals surface area contributed by atoms with E-state index in [0.29, 0.717) is 19.4 Å². The number of carboxylic acids is 1. The van der Waals surface area contributed by atoms with Crippen molar-refractivity contribution in [2.24, 2.45) is 5.41 Å². The average molecular weight is 272 g/mol. The van der Waals surface area contributed by atoms with Crippen molar-refractivity contribution < 1.29 is 19.8 Å². The maximum atomic E-state index is 12.2. The first kappa shape index (κ1) is 15.8. The zero-order valence-corrected chi connectivity index (χ0v) is 12.1. The van der Waals surface area contributed by atoms with Crippen LogP contribution in [-0.4, -0.2) is 64.3 Å². The van der Waals surface area contributed by atoms with Gasteiger partial charge in [0.05, 0.1) is 17.6 Å². The Labute approximate surface area is 114 Å². The van der Waals surface area contributed by atoms with E-state index in [0.717, 1.165) is 0 Å². The molecule has 2 amide bonds. The fraction of sp³-hybridized carbons (Fsp3) is 0.846. The lowest BCUT2D eigenvalue weighted by molar-refractivity contribution is -0.148. The van der Waals surface area contributed by atoms with Gasteiger partial charge in [0, 0.05) is 20.1 Å². The SMILES string of the molecule is CCC1(C(=O)O)CCN(C(=O)N(C)CC(C)(C)O)C1. The Morgan fingerprint density at radius 2 is 2.00 bits per heavy atom. The summed E-state index contributed by atoms with van der Waals surface area (Å²) in [7, 11) is 1.62. The Bertz CT molecular complexity index is 364. The van der Waals surface area contributed by atoms with Crippen LogP contribution >= 0.6 is 0 Å². The third-order valence-electron chi connectivity index (χ3n) is 3.71. The van der Waals surface area contributed by atoms with Crippen LogP contribution in [0.25, 0.3) is 0 Å². The van der Waals surface area contributed by atoms with Gasteiger partial charge in [-0.15, -0.1) is 0 Å². The van der Waals surface area contributed by atoms with E-state index in [9.17, 15) is 19.8 Å². The number of carbonyl (C=O) groups is 2. The highest BCUT2D eigenvalue weighted by Gasteiger charge is 2.45. The molecule has 1 atom stereocenters. The quantitative estimate of drug-likeness (QED) is 0.800. The summed E-state index contributed by atoms with van der Waals surface area (Å²) in [6.45, 7) is 6.02. The van der Waals surface area contributed by atoms with Gasteiger partial charge in [0.2, 0.25) is 0 Å². The monoisotopic (exact) mass is 272 g/mol. The molecule has 0 aromatic rings. The number of carboxylic acid groups (broad SMARTS) is 1. The first-order valence-electron chi connectivity index (χ1n) is 6.57. The average Bonchev–Trinajstić information content (AvgIpc) is 2.71. The summed E-state index contributed by atoms with van der Waals surface area (Å²) >= 11 is 0. The summed E-state index contributed by atoms with van der Waals surface area (Å²) in [5, 5.41) is 19.0. The minimum atomic E-state index is -0.960. The predicted octanol–water partition coefficient (Wildman–Crippen LogP) is 0.996. The largest absolute Gasteiger partial charge is 0.481 e. The van der Waals surface area contributed by atoms with E-state index in [4.69, 9.17) is 0 Å². The van der Waals surface area contributed by atoms with Crippen LogP contribution < -0.4 is 0 Å². The summed E-state index contributed by atoms with van der Waals surface area (Å²) in [6.07, 6.45) is 1.00. The molecule has 1 fully saturated rings. The van der Waals surface area contributed by atoms with Crippen LogP contribution in [0.3, 0.4) is 0 Å². The molecule has 0 aliphatic carbocycles. The summed E-state index contributed by atoms with van der Waals surface area (Å²) in [4.78, 5) is 26.5. The molecular formula is C13H24N2O4. The van der Waals surface area contributed by atoms with E-state index >= 15 is 0 Å². The second kappa shape index (κ2) is 5.36. The van der Waals surface area contributed by atoms with E-state index in [1.54, 1.807) is 25.8 Å². The zero-order chi connectivity index (χ0) is 14.8. The third kappa shape index (κ3) is 3.59. The van der Waals surface area contributed by atoms with Gasteiger partial charge in [-0.25, -0.2) is 4.79 Å². The highest BCUT2D eigenvalue weighted by molar-refractivity contribution is 5.79. The summed E-state index contributed by atoms with van der Waals surface area (Å²) in [5.41, 5.74) is -1.77. The van der Waals surface area contributed by atoms with Crippen molar-refractivity contribution in [2.45, 2.75) is 39.2 Å². The lowest BCUT2D eigenvalue weighted by Crippen LogP contribution is -2.47. The molecule has 0 spiro atoms. The molecule has 0 aromatic heterocycles. The maximum absolute atomic E-state index is 12.2. The molecule has 1 rings (SSSR count). The molecular weight excluding hydrogens is 248 g/mol. The van der Waals surface area contributed by atoms with E-state index in [1.807, 2.05) is 6.92 Å². The van der Waals surface area contributed by atoms with Gasteiger partial charge in [-0.2, -0.15) is 0 Å². The number of hydrogen-bond acceptors (Lipinski definition) is 3. The number of likely N-dealkylation sites (tertiary alicyclic amines) is 1. The molecule has 1 saturated heterocycles. The van der Waals surface area contributed by atoms with Gasteiger partial charge >= 0.3 is 12.0 Å². The molecule has 110 valence electrons. The van der Waals surface area contributed by atoms with Gasteiger partial charge in [0.25, 0.3) is 0 Å². The lowest BCUT2D eigenvalue weighted by Gasteiger charge is -2.30. The minimum Gasteiger partial charge on any atom is -0.481 e. The van der Waals surface area contributed by atoms with Crippen LogP contribution in [0.5, 0.6) is 0 Å². The van der Waals surface area contributed by atoms with Crippen molar-refractivity contribution in [3.8, 4) is 0 Å². The van der Waals surface area contributed by atoms with Crippen molar-refractivity contribution in [3.05, 3.63) is 0 Å². The van der Waals surface area contributed by atoms with E-state index < -0.39 is 17.0 Å². The molecule has 6 nitrogen and oxygen atoms in total. The molecule has 0 bridgehead atoms. The Morgan fingerprint density at radius 1 is 1.42 bits per heavy atom. The number of nitrogens with zero attached hydrogens (tertiary/aromatic N) is 2. The molecule has 0 radical (unpaired) electrons. The number of likely N-dealkylation sites (N-methyl/N-ethyl adjacent to an activating group) is 1. The first-order chi connectivity index (χ1) is 8.61.